The molecule has 119 valence electrons. The number of halogens is 1. The van der Waals surface area contributed by atoms with Crippen molar-refractivity contribution in [3.8, 4) is 17.0 Å². The zero-order chi connectivity index (χ0) is 17.1. The molecule has 0 atom stereocenters. The minimum Gasteiger partial charge on any atom is -0.504 e. The highest BCUT2D eigenvalue weighted by atomic mass is 19.1. The number of pyridine rings is 1. The lowest BCUT2D eigenvalue weighted by Gasteiger charge is -2.06. The van der Waals surface area contributed by atoms with Gasteiger partial charge < -0.3 is 5.11 Å². The van der Waals surface area contributed by atoms with Gasteiger partial charge in [0, 0.05) is 18.2 Å². The number of rotatable bonds is 4. The molecule has 1 aromatic carbocycles. The standard InChI is InChI=1S/C18H13FN3O2/c1-11-18(24)16(10-23)22-17(21-11)8-12-2-7-15(20-9-12)13-3-5-14(19)6-4-13/h2-7,9,24H,8H2,1H3. The van der Waals surface area contributed by atoms with Crippen LogP contribution in [0.4, 0.5) is 4.39 Å². The van der Waals surface area contributed by atoms with Crippen molar-refractivity contribution < 1.29 is 14.3 Å². The highest BCUT2D eigenvalue weighted by molar-refractivity contribution is 5.76. The summed E-state index contributed by atoms with van der Waals surface area (Å²) < 4.78 is 13.0. The average Bonchev–Trinajstić information content (AvgIpc) is 2.59. The molecular formula is C18H13FN3O2. The van der Waals surface area contributed by atoms with E-state index < -0.39 is 0 Å². The molecule has 24 heavy (non-hydrogen) atoms. The molecule has 0 fully saturated rings. The van der Waals surface area contributed by atoms with Crippen LogP contribution < -0.4 is 0 Å². The van der Waals surface area contributed by atoms with E-state index in [-0.39, 0.29) is 17.3 Å². The zero-order valence-corrected chi connectivity index (χ0v) is 12.8. The maximum Gasteiger partial charge on any atom is 0.257 e. The third-order valence-electron chi connectivity index (χ3n) is 3.53. The number of carbonyl (C=O) groups excluding carboxylic acids is 1. The van der Waals surface area contributed by atoms with Gasteiger partial charge in [0.2, 0.25) is 0 Å². The quantitative estimate of drug-likeness (QED) is 0.799. The number of hydrogen-bond donors (Lipinski definition) is 1. The fourth-order valence-electron chi connectivity index (χ4n) is 2.28. The second-order valence-electron chi connectivity index (χ2n) is 5.26. The molecule has 0 amide bonds. The number of aromatic hydroxyl groups is 1. The van der Waals surface area contributed by atoms with Crippen LogP contribution in [0.1, 0.15) is 22.8 Å². The van der Waals surface area contributed by atoms with Gasteiger partial charge in [-0.3, -0.25) is 9.78 Å². The second-order valence-corrected chi connectivity index (χ2v) is 5.26. The largest absolute Gasteiger partial charge is 0.504 e. The molecule has 0 saturated carbocycles. The van der Waals surface area contributed by atoms with Crippen molar-refractivity contribution in [1.82, 2.24) is 15.0 Å². The Bertz CT molecular complexity index is 878. The van der Waals surface area contributed by atoms with Crippen LogP contribution in [0.5, 0.6) is 5.75 Å². The highest BCUT2D eigenvalue weighted by Crippen LogP contribution is 2.20. The lowest BCUT2D eigenvalue weighted by atomic mass is 10.1. The SMILES string of the molecule is Cc1nc(Cc2ccc(-c3ccc(F)cc3)nc2)nc([C]=O)c1O. The monoisotopic (exact) mass is 322 g/mol. The van der Waals surface area contributed by atoms with Gasteiger partial charge >= 0.3 is 0 Å². The molecular weight excluding hydrogens is 309 g/mol. The Hall–Kier alpha value is -3.15. The first-order valence-electron chi connectivity index (χ1n) is 7.22. The number of nitrogens with zero attached hydrogens (tertiary/aromatic N) is 3. The zero-order valence-electron chi connectivity index (χ0n) is 12.8. The summed E-state index contributed by atoms with van der Waals surface area (Å²) in [5.41, 5.74) is 2.58. The van der Waals surface area contributed by atoms with E-state index in [0.29, 0.717) is 17.9 Å². The summed E-state index contributed by atoms with van der Waals surface area (Å²) >= 11 is 0. The van der Waals surface area contributed by atoms with E-state index >= 15 is 0 Å². The number of aromatic nitrogens is 3. The lowest BCUT2D eigenvalue weighted by molar-refractivity contribution is 0.459. The van der Waals surface area contributed by atoms with Gasteiger partial charge in [-0.1, -0.05) is 6.07 Å². The molecule has 1 radical (unpaired) electrons. The Balaban J connectivity index is 1.83. The van der Waals surface area contributed by atoms with E-state index in [1.807, 2.05) is 12.1 Å². The minimum atomic E-state index is -0.294. The van der Waals surface area contributed by atoms with Gasteiger partial charge in [0.25, 0.3) is 6.29 Å². The first kappa shape index (κ1) is 15.7. The topological polar surface area (TPSA) is 76.0 Å². The van der Waals surface area contributed by atoms with Crippen LogP contribution in [0, 0.1) is 12.7 Å². The van der Waals surface area contributed by atoms with Gasteiger partial charge in [0.15, 0.2) is 11.4 Å². The molecule has 3 aromatic rings. The second kappa shape index (κ2) is 6.54. The Morgan fingerprint density at radius 3 is 2.50 bits per heavy atom. The molecule has 3 rings (SSSR count). The molecule has 1 N–H and O–H groups in total. The van der Waals surface area contributed by atoms with Gasteiger partial charge in [0.1, 0.15) is 11.6 Å². The Kier molecular flexibility index (Phi) is 4.29. The van der Waals surface area contributed by atoms with Crippen LogP contribution in [0.2, 0.25) is 0 Å². The third kappa shape index (κ3) is 3.27. The van der Waals surface area contributed by atoms with Gasteiger partial charge in [-0.2, -0.15) is 0 Å². The maximum atomic E-state index is 13.0. The van der Waals surface area contributed by atoms with Crippen LogP contribution in [0.25, 0.3) is 11.3 Å². The Morgan fingerprint density at radius 1 is 1.12 bits per heavy atom. The first-order chi connectivity index (χ1) is 11.6. The normalized spacial score (nSPS) is 10.6. The molecule has 0 spiro atoms. The predicted octanol–water partition coefficient (Wildman–Crippen LogP) is 2.74. The molecule has 0 aliphatic carbocycles. The summed E-state index contributed by atoms with van der Waals surface area (Å²) in [4.78, 5) is 23.3. The lowest BCUT2D eigenvalue weighted by Crippen LogP contribution is -2.03. The highest BCUT2D eigenvalue weighted by Gasteiger charge is 2.11. The molecule has 0 saturated heterocycles. The fourth-order valence-corrected chi connectivity index (χ4v) is 2.28. The predicted molar refractivity (Wildman–Crippen MR) is 85.7 cm³/mol. The van der Waals surface area contributed by atoms with Crippen molar-refractivity contribution in [3.63, 3.8) is 0 Å². The molecule has 0 bridgehead atoms. The molecule has 2 aromatic heterocycles. The summed E-state index contributed by atoms with van der Waals surface area (Å²) in [5.74, 6) is -0.142. The van der Waals surface area contributed by atoms with Crippen LogP contribution in [-0.2, 0) is 11.2 Å². The van der Waals surface area contributed by atoms with Crippen LogP contribution >= 0.6 is 0 Å². The van der Waals surface area contributed by atoms with E-state index in [1.165, 1.54) is 12.1 Å². The Labute approximate surface area is 137 Å². The van der Waals surface area contributed by atoms with Crippen LogP contribution in [0.15, 0.2) is 42.6 Å². The molecule has 0 aliphatic heterocycles. The maximum absolute atomic E-state index is 13.0. The molecule has 0 unspecified atom stereocenters. The average molecular weight is 322 g/mol. The van der Waals surface area contributed by atoms with E-state index in [9.17, 15) is 14.3 Å². The van der Waals surface area contributed by atoms with Crippen molar-refractivity contribution in [3.05, 3.63) is 71.2 Å². The van der Waals surface area contributed by atoms with Crippen LogP contribution in [0.3, 0.4) is 0 Å². The molecule has 2 heterocycles. The van der Waals surface area contributed by atoms with E-state index in [1.54, 1.807) is 31.5 Å². The fraction of sp³-hybridized carbons (Fsp3) is 0.111. The van der Waals surface area contributed by atoms with Gasteiger partial charge in [0.05, 0.1) is 11.4 Å². The summed E-state index contributed by atoms with van der Waals surface area (Å²) in [7, 11) is 0. The molecule has 6 heteroatoms. The van der Waals surface area contributed by atoms with E-state index in [0.717, 1.165) is 16.8 Å². The van der Waals surface area contributed by atoms with Crippen molar-refractivity contribution >= 4 is 6.29 Å². The van der Waals surface area contributed by atoms with Crippen molar-refractivity contribution in [1.29, 1.82) is 0 Å². The number of benzene rings is 1. The van der Waals surface area contributed by atoms with Gasteiger partial charge in [-0.25, -0.2) is 14.4 Å². The Morgan fingerprint density at radius 2 is 1.88 bits per heavy atom. The van der Waals surface area contributed by atoms with Crippen molar-refractivity contribution in [2.24, 2.45) is 0 Å². The van der Waals surface area contributed by atoms with Gasteiger partial charge in [-0.05, 0) is 42.8 Å². The number of hydrogen-bond acceptors (Lipinski definition) is 5. The van der Waals surface area contributed by atoms with Crippen molar-refractivity contribution in [2.75, 3.05) is 0 Å². The van der Waals surface area contributed by atoms with Crippen LogP contribution in [-0.4, -0.2) is 26.3 Å². The number of aryl methyl sites for hydroxylation is 1. The van der Waals surface area contributed by atoms with E-state index in [2.05, 4.69) is 15.0 Å². The minimum absolute atomic E-state index is 0.145. The smallest absolute Gasteiger partial charge is 0.257 e. The summed E-state index contributed by atoms with van der Waals surface area (Å²) in [6.07, 6.45) is 3.64. The summed E-state index contributed by atoms with van der Waals surface area (Å²) in [6, 6.07) is 9.78. The summed E-state index contributed by atoms with van der Waals surface area (Å²) in [6.45, 7) is 1.59. The first-order valence-corrected chi connectivity index (χ1v) is 7.22. The van der Waals surface area contributed by atoms with Gasteiger partial charge in [-0.15, -0.1) is 0 Å². The van der Waals surface area contributed by atoms with E-state index in [4.69, 9.17) is 0 Å². The molecule has 5 nitrogen and oxygen atoms in total. The van der Waals surface area contributed by atoms with Crippen molar-refractivity contribution in [2.45, 2.75) is 13.3 Å². The summed E-state index contributed by atoms with van der Waals surface area (Å²) in [5, 5.41) is 9.64. The third-order valence-corrected chi connectivity index (χ3v) is 3.53. The molecule has 0 aliphatic rings.